The number of likely N-dealkylation sites (N-methyl/N-ethyl adjacent to an activating group) is 1. The second-order valence-electron chi connectivity index (χ2n) is 4.63. The molecule has 0 aliphatic carbocycles. The van der Waals surface area contributed by atoms with E-state index in [0.717, 1.165) is 32.8 Å². The van der Waals surface area contributed by atoms with E-state index in [-0.39, 0.29) is 0 Å². The lowest BCUT2D eigenvalue weighted by atomic mass is 10.2. The molecule has 1 heterocycles. The standard InChI is InChI=1S/C14H22N2OS/c1-15-9-13-11-16(7-8-17-13)10-12-3-5-14(18-2)6-4-12/h3-6,13,15H,7-11H2,1-2H3. The van der Waals surface area contributed by atoms with Gasteiger partial charge in [-0.15, -0.1) is 11.8 Å². The number of ether oxygens (including phenoxy) is 1. The molecule has 1 fully saturated rings. The Balaban J connectivity index is 1.87. The molecule has 1 aromatic rings. The minimum atomic E-state index is 0.328. The Morgan fingerprint density at radius 2 is 2.17 bits per heavy atom. The van der Waals surface area contributed by atoms with E-state index in [1.165, 1.54) is 10.5 Å². The summed E-state index contributed by atoms with van der Waals surface area (Å²) in [4.78, 5) is 3.80. The van der Waals surface area contributed by atoms with E-state index in [1.807, 2.05) is 7.05 Å². The molecule has 1 unspecified atom stereocenters. The minimum Gasteiger partial charge on any atom is -0.374 e. The first-order valence-electron chi connectivity index (χ1n) is 6.43. The summed E-state index contributed by atoms with van der Waals surface area (Å²) in [5, 5.41) is 3.18. The van der Waals surface area contributed by atoms with Crippen LogP contribution in [0.5, 0.6) is 0 Å². The summed E-state index contributed by atoms with van der Waals surface area (Å²) < 4.78 is 5.72. The number of nitrogens with one attached hydrogen (secondary N) is 1. The third kappa shape index (κ3) is 3.99. The van der Waals surface area contributed by atoms with E-state index >= 15 is 0 Å². The zero-order chi connectivity index (χ0) is 12.8. The van der Waals surface area contributed by atoms with Crippen molar-refractivity contribution in [1.29, 1.82) is 0 Å². The molecule has 4 heteroatoms. The Labute approximate surface area is 114 Å². The van der Waals surface area contributed by atoms with Crippen LogP contribution in [-0.2, 0) is 11.3 Å². The number of hydrogen-bond donors (Lipinski definition) is 1. The number of rotatable bonds is 5. The van der Waals surface area contributed by atoms with Crippen molar-refractivity contribution < 1.29 is 4.74 Å². The van der Waals surface area contributed by atoms with Gasteiger partial charge in [0.2, 0.25) is 0 Å². The van der Waals surface area contributed by atoms with Crippen LogP contribution >= 0.6 is 11.8 Å². The molecule has 0 amide bonds. The van der Waals surface area contributed by atoms with Gasteiger partial charge in [-0.25, -0.2) is 0 Å². The van der Waals surface area contributed by atoms with Crippen LogP contribution in [0.2, 0.25) is 0 Å². The van der Waals surface area contributed by atoms with Gasteiger partial charge in [0.1, 0.15) is 0 Å². The van der Waals surface area contributed by atoms with Gasteiger partial charge in [0, 0.05) is 31.1 Å². The quantitative estimate of drug-likeness (QED) is 0.822. The summed E-state index contributed by atoms with van der Waals surface area (Å²) >= 11 is 1.79. The lowest BCUT2D eigenvalue weighted by molar-refractivity contribution is -0.0291. The van der Waals surface area contributed by atoms with Crippen LogP contribution in [0.4, 0.5) is 0 Å². The van der Waals surface area contributed by atoms with E-state index < -0.39 is 0 Å². The number of benzene rings is 1. The van der Waals surface area contributed by atoms with Crippen LogP contribution in [0.1, 0.15) is 5.56 Å². The van der Waals surface area contributed by atoms with Crippen molar-refractivity contribution in [3.05, 3.63) is 29.8 Å². The number of hydrogen-bond acceptors (Lipinski definition) is 4. The van der Waals surface area contributed by atoms with Crippen LogP contribution in [0, 0.1) is 0 Å². The molecule has 1 saturated heterocycles. The van der Waals surface area contributed by atoms with Crippen molar-refractivity contribution in [1.82, 2.24) is 10.2 Å². The minimum absolute atomic E-state index is 0.328. The molecular weight excluding hydrogens is 244 g/mol. The second-order valence-corrected chi connectivity index (χ2v) is 5.51. The van der Waals surface area contributed by atoms with Gasteiger partial charge in [-0.1, -0.05) is 12.1 Å². The van der Waals surface area contributed by atoms with Gasteiger partial charge in [-0.3, -0.25) is 4.90 Å². The van der Waals surface area contributed by atoms with Gasteiger partial charge >= 0.3 is 0 Å². The molecular formula is C14H22N2OS. The van der Waals surface area contributed by atoms with Crippen LogP contribution in [0.15, 0.2) is 29.2 Å². The number of morpholine rings is 1. The maximum absolute atomic E-state index is 5.72. The zero-order valence-corrected chi connectivity index (χ0v) is 12.0. The van der Waals surface area contributed by atoms with E-state index in [4.69, 9.17) is 4.74 Å². The van der Waals surface area contributed by atoms with Crippen LogP contribution < -0.4 is 5.32 Å². The highest BCUT2D eigenvalue weighted by Gasteiger charge is 2.19. The van der Waals surface area contributed by atoms with E-state index in [9.17, 15) is 0 Å². The molecule has 3 nitrogen and oxygen atoms in total. The number of thioether (sulfide) groups is 1. The highest BCUT2D eigenvalue weighted by Crippen LogP contribution is 2.16. The molecule has 100 valence electrons. The fraction of sp³-hybridized carbons (Fsp3) is 0.571. The first-order valence-corrected chi connectivity index (χ1v) is 7.66. The fourth-order valence-electron chi connectivity index (χ4n) is 2.26. The van der Waals surface area contributed by atoms with Gasteiger partial charge in [-0.05, 0) is 31.0 Å². The van der Waals surface area contributed by atoms with Gasteiger partial charge in [0.05, 0.1) is 12.7 Å². The summed E-state index contributed by atoms with van der Waals surface area (Å²) in [6.45, 7) is 4.85. The Morgan fingerprint density at radius 3 is 2.83 bits per heavy atom. The number of nitrogens with zero attached hydrogens (tertiary/aromatic N) is 1. The summed E-state index contributed by atoms with van der Waals surface area (Å²) in [5.41, 5.74) is 1.39. The molecule has 0 bridgehead atoms. The van der Waals surface area contributed by atoms with Crippen molar-refractivity contribution in [2.45, 2.75) is 17.5 Å². The first-order chi connectivity index (χ1) is 8.81. The summed E-state index contributed by atoms with van der Waals surface area (Å²) in [6, 6.07) is 8.86. The lowest BCUT2D eigenvalue weighted by Crippen LogP contribution is -2.45. The fourth-order valence-corrected chi connectivity index (χ4v) is 2.67. The van der Waals surface area contributed by atoms with Gasteiger partial charge < -0.3 is 10.1 Å². The molecule has 0 radical (unpaired) electrons. The van der Waals surface area contributed by atoms with Crippen LogP contribution in [0.3, 0.4) is 0 Å². The molecule has 1 aliphatic rings. The maximum atomic E-state index is 5.72. The Morgan fingerprint density at radius 1 is 1.39 bits per heavy atom. The van der Waals surface area contributed by atoms with Crippen LogP contribution in [-0.4, -0.2) is 50.5 Å². The zero-order valence-electron chi connectivity index (χ0n) is 11.2. The predicted octanol–water partition coefficient (Wildman–Crippen LogP) is 1.83. The second kappa shape index (κ2) is 7.14. The molecule has 1 aliphatic heterocycles. The molecule has 2 rings (SSSR count). The lowest BCUT2D eigenvalue weighted by Gasteiger charge is -2.32. The Bertz CT molecular complexity index is 353. The summed E-state index contributed by atoms with van der Waals surface area (Å²) in [5.74, 6) is 0. The van der Waals surface area contributed by atoms with Crippen molar-refractivity contribution in [3.63, 3.8) is 0 Å². The highest BCUT2D eigenvalue weighted by atomic mass is 32.2. The van der Waals surface area contributed by atoms with E-state index in [0.29, 0.717) is 6.10 Å². The third-order valence-electron chi connectivity index (χ3n) is 3.22. The summed E-state index contributed by atoms with van der Waals surface area (Å²) in [6.07, 6.45) is 2.44. The SMILES string of the molecule is CNCC1CN(Cc2ccc(SC)cc2)CCO1. The van der Waals surface area contributed by atoms with E-state index in [2.05, 4.69) is 40.7 Å². The Hall–Kier alpha value is -0.550. The average Bonchev–Trinajstić information content (AvgIpc) is 2.40. The van der Waals surface area contributed by atoms with Gasteiger partial charge in [0.15, 0.2) is 0 Å². The molecule has 0 spiro atoms. The van der Waals surface area contributed by atoms with Gasteiger partial charge in [-0.2, -0.15) is 0 Å². The highest BCUT2D eigenvalue weighted by molar-refractivity contribution is 7.98. The first kappa shape index (κ1) is 13.9. The monoisotopic (exact) mass is 266 g/mol. The predicted molar refractivity (Wildman–Crippen MR) is 77.2 cm³/mol. The topological polar surface area (TPSA) is 24.5 Å². The van der Waals surface area contributed by atoms with Crippen molar-refractivity contribution in [3.8, 4) is 0 Å². The van der Waals surface area contributed by atoms with E-state index in [1.54, 1.807) is 11.8 Å². The smallest absolute Gasteiger partial charge is 0.0826 e. The summed E-state index contributed by atoms with van der Waals surface area (Å²) in [7, 11) is 1.98. The maximum Gasteiger partial charge on any atom is 0.0826 e. The molecule has 1 atom stereocenters. The average molecular weight is 266 g/mol. The molecule has 18 heavy (non-hydrogen) atoms. The van der Waals surface area contributed by atoms with Crippen molar-refractivity contribution >= 4 is 11.8 Å². The molecule has 1 aromatic carbocycles. The molecule has 0 aromatic heterocycles. The normalized spacial score (nSPS) is 21.1. The Kier molecular flexibility index (Phi) is 5.50. The van der Waals surface area contributed by atoms with Crippen molar-refractivity contribution in [2.24, 2.45) is 0 Å². The molecule has 1 N–H and O–H groups in total. The van der Waals surface area contributed by atoms with Crippen LogP contribution in [0.25, 0.3) is 0 Å². The largest absolute Gasteiger partial charge is 0.374 e. The molecule has 0 saturated carbocycles. The van der Waals surface area contributed by atoms with Crippen molar-refractivity contribution in [2.75, 3.05) is 39.5 Å². The van der Waals surface area contributed by atoms with Gasteiger partial charge in [0.25, 0.3) is 0 Å². The third-order valence-corrected chi connectivity index (χ3v) is 3.96.